The van der Waals surface area contributed by atoms with Crippen LogP contribution < -0.4 is 29.3 Å². The van der Waals surface area contributed by atoms with Gasteiger partial charge < -0.3 is 33.8 Å². The van der Waals surface area contributed by atoms with Gasteiger partial charge in [0.1, 0.15) is 0 Å². The normalized spacial score (nSPS) is 11.0. The topological polar surface area (TPSA) is 29.1 Å². The molecular formula is C21H43IN2O. The zero-order valence-electron chi connectivity index (χ0n) is 17.3. The Morgan fingerprint density at radius 1 is 0.840 bits per heavy atom. The fourth-order valence-electron chi connectivity index (χ4n) is 3.00. The van der Waals surface area contributed by atoms with Crippen LogP contribution in [0.4, 0.5) is 0 Å². The van der Waals surface area contributed by atoms with Crippen molar-refractivity contribution in [1.82, 2.24) is 5.32 Å². The molecule has 1 N–H and O–H groups in total. The maximum atomic E-state index is 11.4. The van der Waals surface area contributed by atoms with Gasteiger partial charge in [0.25, 0.3) is 0 Å². The first-order valence-electron chi connectivity index (χ1n) is 10.1. The molecule has 0 bridgehead atoms. The lowest BCUT2D eigenvalue weighted by atomic mass is 10.1. The van der Waals surface area contributed by atoms with Gasteiger partial charge in [0.15, 0.2) is 0 Å². The van der Waals surface area contributed by atoms with E-state index in [0.29, 0.717) is 5.57 Å². The highest BCUT2D eigenvalue weighted by atomic mass is 127. The number of hydrogen-bond donors (Lipinski definition) is 1. The van der Waals surface area contributed by atoms with Crippen LogP contribution in [0.3, 0.4) is 0 Å². The van der Waals surface area contributed by atoms with Gasteiger partial charge in [0, 0.05) is 18.5 Å². The molecule has 0 aromatic heterocycles. The van der Waals surface area contributed by atoms with E-state index in [4.69, 9.17) is 0 Å². The summed E-state index contributed by atoms with van der Waals surface area (Å²) in [7, 11) is 4.60. The zero-order valence-corrected chi connectivity index (χ0v) is 19.5. The molecule has 3 nitrogen and oxygen atoms in total. The lowest BCUT2D eigenvalue weighted by Crippen LogP contribution is -3.00. The molecule has 0 aliphatic carbocycles. The Morgan fingerprint density at radius 3 is 1.76 bits per heavy atom. The minimum atomic E-state index is -0.0185. The van der Waals surface area contributed by atoms with Crippen LogP contribution >= 0.6 is 0 Å². The van der Waals surface area contributed by atoms with Gasteiger partial charge in [-0.1, -0.05) is 64.9 Å². The summed E-state index contributed by atoms with van der Waals surface area (Å²) >= 11 is 0. The van der Waals surface area contributed by atoms with Crippen molar-refractivity contribution < 1.29 is 33.3 Å². The number of carbonyl (C=O) groups is 1. The van der Waals surface area contributed by atoms with E-state index in [1.165, 1.54) is 70.8 Å². The molecule has 0 aromatic rings. The van der Waals surface area contributed by atoms with Crippen molar-refractivity contribution in [2.45, 2.75) is 84.5 Å². The Labute approximate surface area is 174 Å². The fourth-order valence-corrected chi connectivity index (χ4v) is 3.00. The summed E-state index contributed by atoms with van der Waals surface area (Å²) in [5.41, 5.74) is 0.592. The standard InChI is InChI=1S/C21H42N2O.HI/c1-6-7-8-9-10-11-12-13-14-15-18-23(4,5)19-16-17-22-21(24)20(2)3;/h2,6-19H2,1,3-5H3;1H. The van der Waals surface area contributed by atoms with Crippen molar-refractivity contribution in [2.75, 3.05) is 33.7 Å². The number of halogens is 1. The number of amides is 1. The van der Waals surface area contributed by atoms with E-state index in [9.17, 15) is 4.79 Å². The predicted octanol–water partition coefficient (Wildman–Crippen LogP) is 2.07. The number of carbonyl (C=O) groups excluding carboxylic acids is 1. The predicted molar refractivity (Wildman–Crippen MR) is 106 cm³/mol. The SMILES string of the molecule is C=C(C)C(=O)NCCC[N+](C)(C)CCCCCCCCCCCC.[I-]. The average Bonchev–Trinajstić information content (AvgIpc) is 2.53. The maximum Gasteiger partial charge on any atom is 0.246 e. The molecule has 0 saturated heterocycles. The Kier molecular flexibility index (Phi) is 18.8. The lowest BCUT2D eigenvalue weighted by molar-refractivity contribution is -0.890. The van der Waals surface area contributed by atoms with Crippen molar-refractivity contribution in [3.05, 3.63) is 12.2 Å². The monoisotopic (exact) mass is 466 g/mol. The van der Waals surface area contributed by atoms with Gasteiger partial charge in [-0.3, -0.25) is 4.79 Å². The van der Waals surface area contributed by atoms with Gasteiger partial charge >= 0.3 is 0 Å². The second-order valence-electron chi connectivity index (χ2n) is 7.95. The number of hydrogen-bond acceptors (Lipinski definition) is 1. The molecule has 150 valence electrons. The highest BCUT2D eigenvalue weighted by Gasteiger charge is 2.14. The van der Waals surface area contributed by atoms with Gasteiger partial charge in [0.2, 0.25) is 5.91 Å². The molecule has 0 spiro atoms. The summed E-state index contributed by atoms with van der Waals surface area (Å²) < 4.78 is 1.06. The average molecular weight is 466 g/mol. The van der Waals surface area contributed by atoms with Crippen LogP contribution in [-0.4, -0.2) is 44.1 Å². The first-order valence-corrected chi connectivity index (χ1v) is 10.1. The summed E-state index contributed by atoms with van der Waals surface area (Å²) in [5.74, 6) is -0.0185. The molecule has 0 rings (SSSR count). The smallest absolute Gasteiger partial charge is 0.246 e. The molecule has 0 fully saturated rings. The molecule has 0 unspecified atom stereocenters. The molecular weight excluding hydrogens is 423 g/mol. The number of unbranched alkanes of at least 4 members (excludes halogenated alkanes) is 9. The van der Waals surface area contributed by atoms with E-state index < -0.39 is 0 Å². The highest BCUT2D eigenvalue weighted by molar-refractivity contribution is 5.91. The third-order valence-electron chi connectivity index (χ3n) is 4.73. The Hall–Kier alpha value is -0.100. The Bertz CT molecular complexity index is 343. The van der Waals surface area contributed by atoms with Crippen molar-refractivity contribution in [2.24, 2.45) is 0 Å². The Morgan fingerprint density at radius 2 is 1.28 bits per heavy atom. The van der Waals surface area contributed by atoms with E-state index in [1.54, 1.807) is 6.92 Å². The summed E-state index contributed by atoms with van der Waals surface area (Å²) in [6.07, 6.45) is 15.0. The second-order valence-corrected chi connectivity index (χ2v) is 7.95. The van der Waals surface area contributed by atoms with E-state index in [-0.39, 0.29) is 29.9 Å². The third kappa shape index (κ3) is 18.5. The van der Waals surface area contributed by atoms with Gasteiger partial charge in [-0.05, 0) is 19.8 Å². The minimum absolute atomic E-state index is 0. The van der Waals surface area contributed by atoms with Crippen LogP contribution in [-0.2, 0) is 4.79 Å². The number of nitrogens with zero attached hydrogens (tertiary/aromatic N) is 1. The van der Waals surface area contributed by atoms with Crippen molar-refractivity contribution in [3.63, 3.8) is 0 Å². The summed E-state index contributed by atoms with van der Waals surface area (Å²) in [4.78, 5) is 11.4. The molecule has 4 heteroatoms. The number of nitrogens with one attached hydrogen (secondary N) is 1. The molecule has 0 aliphatic rings. The Balaban J connectivity index is 0. The molecule has 1 amide bonds. The van der Waals surface area contributed by atoms with Crippen LogP contribution in [0, 0.1) is 0 Å². The van der Waals surface area contributed by atoms with Crippen LogP contribution in [0.25, 0.3) is 0 Å². The lowest BCUT2D eigenvalue weighted by Gasteiger charge is -2.30. The third-order valence-corrected chi connectivity index (χ3v) is 4.73. The van der Waals surface area contributed by atoms with Gasteiger partial charge in [-0.15, -0.1) is 0 Å². The van der Waals surface area contributed by atoms with E-state index in [2.05, 4.69) is 32.9 Å². The quantitative estimate of drug-likeness (QED) is 0.161. The molecule has 0 radical (unpaired) electrons. The number of quaternary nitrogens is 1. The number of rotatable bonds is 16. The van der Waals surface area contributed by atoms with Gasteiger partial charge in [-0.25, -0.2) is 0 Å². The van der Waals surface area contributed by atoms with Crippen molar-refractivity contribution >= 4 is 5.91 Å². The van der Waals surface area contributed by atoms with E-state index in [1.807, 2.05) is 0 Å². The largest absolute Gasteiger partial charge is 1.00 e. The van der Waals surface area contributed by atoms with Crippen molar-refractivity contribution in [3.8, 4) is 0 Å². The second kappa shape index (κ2) is 17.3. The zero-order chi connectivity index (χ0) is 18.3. The molecule has 0 heterocycles. The summed E-state index contributed by atoms with van der Waals surface area (Å²) in [6, 6.07) is 0. The fraction of sp³-hybridized carbons (Fsp3) is 0.857. The van der Waals surface area contributed by atoms with Crippen LogP contribution in [0.2, 0.25) is 0 Å². The molecule has 0 atom stereocenters. The van der Waals surface area contributed by atoms with Gasteiger partial charge in [0.05, 0.1) is 27.2 Å². The first-order chi connectivity index (χ1) is 11.4. The molecule has 0 aromatic carbocycles. The van der Waals surface area contributed by atoms with Crippen molar-refractivity contribution in [1.29, 1.82) is 0 Å². The van der Waals surface area contributed by atoms with E-state index in [0.717, 1.165) is 24.0 Å². The van der Waals surface area contributed by atoms with E-state index >= 15 is 0 Å². The highest BCUT2D eigenvalue weighted by Crippen LogP contribution is 2.11. The minimum Gasteiger partial charge on any atom is -1.00 e. The maximum absolute atomic E-state index is 11.4. The summed E-state index contributed by atoms with van der Waals surface area (Å²) in [6.45, 7) is 10.8. The summed E-state index contributed by atoms with van der Waals surface area (Å²) in [5, 5.41) is 2.91. The van der Waals surface area contributed by atoms with Crippen LogP contribution in [0.1, 0.15) is 84.5 Å². The molecule has 0 aliphatic heterocycles. The van der Waals surface area contributed by atoms with Gasteiger partial charge in [-0.2, -0.15) is 0 Å². The van der Waals surface area contributed by atoms with Crippen LogP contribution in [0.5, 0.6) is 0 Å². The molecule has 25 heavy (non-hydrogen) atoms. The molecule has 0 saturated carbocycles. The first kappa shape index (κ1) is 27.1. The van der Waals surface area contributed by atoms with Crippen LogP contribution in [0.15, 0.2) is 12.2 Å².